The SMILES string of the molecule is CNS(=O)(=O)c1ccc(N2CCOCC2)c(Nc2ncnc3n[nH]c(-c4ccccc4)c23)c1. The van der Waals surface area contributed by atoms with Gasteiger partial charge < -0.3 is 15.0 Å². The van der Waals surface area contributed by atoms with Crippen molar-refractivity contribution in [2.75, 3.05) is 43.6 Å². The van der Waals surface area contributed by atoms with Gasteiger partial charge >= 0.3 is 0 Å². The lowest BCUT2D eigenvalue weighted by Crippen LogP contribution is -2.36. The molecule has 10 nitrogen and oxygen atoms in total. The van der Waals surface area contributed by atoms with E-state index in [0.29, 0.717) is 43.5 Å². The number of sulfonamides is 1. The normalized spacial score (nSPS) is 14.5. The summed E-state index contributed by atoms with van der Waals surface area (Å²) in [7, 11) is -2.24. The van der Waals surface area contributed by atoms with Gasteiger partial charge in [0.15, 0.2) is 5.65 Å². The van der Waals surface area contributed by atoms with Crippen LogP contribution in [0.15, 0.2) is 59.8 Å². The number of hydrogen-bond acceptors (Lipinski definition) is 8. The van der Waals surface area contributed by atoms with Gasteiger partial charge in [0, 0.05) is 18.7 Å². The van der Waals surface area contributed by atoms with E-state index in [0.717, 1.165) is 22.3 Å². The highest BCUT2D eigenvalue weighted by atomic mass is 32.2. The predicted molar refractivity (Wildman–Crippen MR) is 126 cm³/mol. The number of H-pyrrole nitrogens is 1. The molecule has 0 bridgehead atoms. The molecule has 0 atom stereocenters. The van der Waals surface area contributed by atoms with Crippen molar-refractivity contribution in [2.24, 2.45) is 0 Å². The molecule has 2 aromatic carbocycles. The monoisotopic (exact) mass is 465 g/mol. The zero-order valence-corrected chi connectivity index (χ0v) is 18.8. The second-order valence-corrected chi connectivity index (χ2v) is 9.38. The first kappa shape index (κ1) is 21.3. The van der Waals surface area contributed by atoms with E-state index in [1.165, 1.54) is 13.4 Å². The molecule has 33 heavy (non-hydrogen) atoms. The maximum atomic E-state index is 12.5. The van der Waals surface area contributed by atoms with Gasteiger partial charge in [-0.3, -0.25) is 5.10 Å². The van der Waals surface area contributed by atoms with Crippen LogP contribution in [0.4, 0.5) is 17.2 Å². The quantitative estimate of drug-likeness (QED) is 0.397. The number of rotatable bonds is 6. The van der Waals surface area contributed by atoms with Crippen LogP contribution in [0.5, 0.6) is 0 Å². The molecule has 4 aromatic rings. The second kappa shape index (κ2) is 8.77. The van der Waals surface area contributed by atoms with Crippen LogP contribution >= 0.6 is 0 Å². The molecule has 3 N–H and O–H groups in total. The van der Waals surface area contributed by atoms with Gasteiger partial charge in [-0.2, -0.15) is 5.10 Å². The van der Waals surface area contributed by atoms with E-state index in [-0.39, 0.29) is 4.90 Å². The molecule has 0 spiro atoms. The van der Waals surface area contributed by atoms with Gasteiger partial charge in [0.2, 0.25) is 10.0 Å². The Bertz CT molecular complexity index is 1380. The largest absolute Gasteiger partial charge is 0.378 e. The highest BCUT2D eigenvalue weighted by Crippen LogP contribution is 2.35. The minimum Gasteiger partial charge on any atom is -0.378 e. The maximum absolute atomic E-state index is 12.5. The molecule has 0 aliphatic carbocycles. The van der Waals surface area contributed by atoms with Crippen LogP contribution in [0.25, 0.3) is 22.3 Å². The Morgan fingerprint density at radius 3 is 2.61 bits per heavy atom. The fraction of sp³-hybridized carbons (Fsp3) is 0.227. The number of ether oxygens (including phenoxy) is 1. The summed E-state index contributed by atoms with van der Waals surface area (Å²) in [6.07, 6.45) is 1.43. The molecule has 1 fully saturated rings. The van der Waals surface area contributed by atoms with Gasteiger partial charge in [-0.05, 0) is 25.2 Å². The lowest BCUT2D eigenvalue weighted by atomic mass is 10.1. The minimum absolute atomic E-state index is 0.158. The van der Waals surface area contributed by atoms with E-state index in [9.17, 15) is 8.42 Å². The van der Waals surface area contributed by atoms with E-state index < -0.39 is 10.0 Å². The highest BCUT2D eigenvalue weighted by molar-refractivity contribution is 7.89. The fourth-order valence-electron chi connectivity index (χ4n) is 3.87. The first-order valence-electron chi connectivity index (χ1n) is 10.5. The van der Waals surface area contributed by atoms with Crippen LogP contribution in [0, 0.1) is 0 Å². The van der Waals surface area contributed by atoms with Crippen molar-refractivity contribution < 1.29 is 13.2 Å². The van der Waals surface area contributed by atoms with Crippen LogP contribution in [-0.2, 0) is 14.8 Å². The average molecular weight is 466 g/mol. The van der Waals surface area contributed by atoms with E-state index in [1.807, 2.05) is 36.4 Å². The van der Waals surface area contributed by atoms with E-state index in [4.69, 9.17) is 4.74 Å². The van der Waals surface area contributed by atoms with Crippen molar-refractivity contribution in [3.05, 3.63) is 54.9 Å². The minimum atomic E-state index is -3.63. The maximum Gasteiger partial charge on any atom is 0.240 e. The Morgan fingerprint density at radius 1 is 1.06 bits per heavy atom. The van der Waals surface area contributed by atoms with Crippen molar-refractivity contribution in [3.63, 3.8) is 0 Å². The average Bonchev–Trinajstić information content (AvgIpc) is 3.30. The first-order valence-corrected chi connectivity index (χ1v) is 12.0. The third kappa shape index (κ3) is 4.13. The van der Waals surface area contributed by atoms with Crippen molar-refractivity contribution in [3.8, 4) is 11.3 Å². The van der Waals surface area contributed by atoms with E-state index in [2.05, 4.69) is 35.1 Å². The number of fused-ring (bicyclic) bond motifs is 1. The van der Waals surface area contributed by atoms with Crippen LogP contribution in [0.1, 0.15) is 0 Å². The van der Waals surface area contributed by atoms with Gasteiger partial charge in [0.1, 0.15) is 12.1 Å². The third-order valence-electron chi connectivity index (χ3n) is 5.57. The summed E-state index contributed by atoms with van der Waals surface area (Å²) in [6.45, 7) is 2.61. The van der Waals surface area contributed by atoms with Crippen molar-refractivity contribution in [1.82, 2.24) is 24.9 Å². The Hall–Kier alpha value is -3.54. The predicted octanol–water partition coefficient (Wildman–Crippen LogP) is 2.51. The Morgan fingerprint density at radius 2 is 1.85 bits per heavy atom. The molecular formula is C22H23N7O3S. The van der Waals surface area contributed by atoms with Crippen LogP contribution in [-0.4, -0.2) is 61.9 Å². The Kier molecular flexibility index (Phi) is 5.67. The molecular weight excluding hydrogens is 442 g/mol. The molecule has 1 aliphatic heterocycles. The highest BCUT2D eigenvalue weighted by Gasteiger charge is 2.21. The summed E-state index contributed by atoms with van der Waals surface area (Å²) in [6, 6.07) is 14.8. The molecule has 1 aliphatic rings. The molecule has 11 heteroatoms. The standard InChI is InChI=1S/C22H23N7O3S/c1-23-33(30,31)16-7-8-18(29-9-11-32-12-10-29)17(13-16)26-21-19-20(15-5-3-2-4-6-15)27-28-22(19)25-14-24-21/h2-8,13-14,23H,9-12H2,1H3,(H2,24,25,26,27,28). The van der Waals surface area contributed by atoms with Crippen LogP contribution in [0.2, 0.25) is 0 Å². The number of aromatic nitrogens is 4. The van der Waals surface area contributed by atoms with Crippen LogP contribution < -0.4 is 14.9 Å². The third-order valence-corrected chi connectivity index (χ3v) is 6.98. The number of morpholine rings is 1. The number of aromatic amines is 1. The lowest BCUT2D eigenvalue weighted by Gasteiger charge is -2.31. The summed E-state index contributed by atoms with van der Waals surface area (Å²) in [5, 5.41) is 11.5. The molecule has 170 valence electrons. The molecule has 1 saturated heterocycles. The Balaban J connectivity index is 1.64. The Labute approximate surface area is 191 Å². The van der Waals surface area contributed by atoms with Gasteiger partial charge in [0.25, 0.3) is 0 Å². The van der Waals surface area contributed by atoms with Gasteiger partial charge in [-0.15, -0.1) is 0 Å². The number of nitrogens with one attached hydrogen (secondary N) is 3. The number of nitrogens with zero attached hydrogens (tertiary/aromatic N) is 4. The van der Waals surface area contributed by atoms with Gasteiger partial charge in [-0.1, -0.05) is 30.3 Å². The van der Waals surface area contributed by atoms with Crippen molar-refractivity contribution in [1.29, 1.82) is 0 Å². The smallest absolute Gasteiger partial charge is 0.240 e. The molecule has 0 radical (unpaired) electrons. The molecule has 2 aromatic heterocycles. The summed E-state index contributed by atoms with van der Waals surface area (Å²) in [5.74, 6) is 0.529. The van der Waals surface area contributed by atoms with E-state index in [1.54, 1.807) is 12.1 Å². The second-order valence-electron chi connectivity index (χ2n) is 7.50. The molecule has 5 rings (SSSR count). The van der Waals surface area contributed by atoms with Gasteiger partial charge in [-0.25, -0.2) is 23.1 Å². The number of anilines is 3. The molecule has 0 unspecified atom stereocenters. The fourth-order valence-corrected chi connectivity index (χ4v) is 4.63. The number of benzene rings is 2. The summed E-state index contributed by atoms with van der Waals surface area (Å²) in [4.78, 5) is 11.1. The molecule has 0 amide bonds. The van der Waals surface area contributed by atoms with Crippen molar-refractivity contribution >= 4 is 38.2 Å². The lowest BCUT2D eigenvalue weighted by molar-refractivity contribution is 0.123. The summed E-state index contributed by atoms with van der Waals surface area (Å²) < 4.78 is 32.8. The van der Waals surface area contributed by atoms with Gasteiger partial charge in [0.05, 0.1) is 40.6 Å². The van der Waals surface area contributed by atoms with Crippen LogP contribution in [0.3, 0.4) is 0 Å². The summed E-state index contributed by atoms with van der Waals surface area (Å²) in [5.41, 5.74) is 3.72. The van der Waals surface area contributed by atoms with E-state index >= 15 is 0 Å². The zero-order chi connectivity index (χ0) is 22.8. The number of hydrogen-bond donors (Lipinski definition) is 3. The summed E-state index contributed by atoms with van der Waals surface area (Å²) >= 11 is 0. The zero-order valence-electron chi connectivity index (χ0n) is 17.9. The molecule has 0 saturated carbocycles. The first-order chi connectivity index (χ1) is 16.1. The van der Waals surface area contributed by atoms with Crippen molar-refractivity contribution in [2.45, 2.75) is 4.90 Å². The molecule has 3 heterocycles. The topological polar surface area (TPSA) is 125 Å².